The lowest BCUT2D eigenvalue weighted by molar-refractivity contribution is -0.136. The average Bonchev–Trinajstić information content (AvgIpc) is 0.857. The van der Waals surface area contributed by atoms with Gasteiger partial charge in [-0.05, 0) is 259 Å². The van der Waals surface area contributed by atoms with Gasteiger partial charge in [-0.15, -0.1) is 0 Å². The minimum absolute atomic E-state index is 0.0204. The molecule has 0 aromatic heterocycles. The third-order valence-corrected chi connectivity index (χ3v) is 21.3. The van der Waals surface area contributed by atoms with E-state index in [1.807, 2.05) is 125 Å². The number of hydrogen-bond donors (Lipinski definition) is 22. The summed E-state index contributed by atoms with van der Waals surface area (Å²) in [5.41, 5.74) is 47.6. The summed E-state index contributed by atoms with van der Waals surface area (Å²) < 4.78 is 0. The van der Waals surface area contributed by atoms with E-state index in [1.165, 1.54) is 0 Å². The first-order valence-corrected chi connectivity index (χ1v) is 47.2. The van der Waals surface area contributed by atoms with Crippen LogP contribution in [-0.4, -0.2) is 219 Å². The van der Waals surface area contributed by atoms with Gasteiger partial charge in [-0.3, -0.25) is 71.9 Å². The van der Waals surface area contributed by atoms with Crippen LogP contribution in [0.15, 0.2) is 0 Å². The van der Waals surface area contributed by atoms with Crippen LogP contribution in [0, 0.1) is 53.3 Å². The van der Waals surface area contributed by atoms with E-state index in [4.69, 9.17) is 45.9 Å². The predicted octanol–water partition coefficient (Wildman–Crippen LogP) is 1.78. The number of nitrogens with one attached hydrogen (secondary N) is 14. The third kappa shape index (κ3) is 52.9. The molecule has 0 radical (unpaired) electrons. The summed E-state index contributed by atoms with van der Waals surface area (Å²) in [5.74, 6) is -10.7. The Bertz CT molecular complexity index is 3290. The Balaban J connectivity index is 6.80. The summed E-state index contributed by atoms with van der Waals surface area (Å²) in [4.78, 5) is 212. The second kappa shape index (κ2) is 66.2. The first-order chi connectivity index (χ1) is 59.6. The van der Waals surface area contributed by atoms with E-state index in [1.54, 1.807) is 0 Å². The van der Waals surface area contributed by atoms with Crippen LogP contribution >= 0.6 is 0 Å². The molecule has 0 fully saturated rings. The average molecular weight is 1800 g/mol. The molecule has 0 saturated heterocycles. The van der Waals surface area contributed by atoms with Crippen molar-refractivity contribution in [3.63, 3.8) is 0 Å². The fourth-order valence-electron chi connectivity index (χ4n) is 14.6. The molecule has 0 heterocycles. The van der Waals surface area contributed by atoms with Crippen molar-refractivity contribution in [3.05, 3.63) is 0 Å². The van der Waals surface area contributed by atoms with E-state index in [0.29, 0.717) is 103 Å². The highest BCUT2D eigenvalue weighted by molar-refractivity contribution is 6.00. The molecular formula is C90H174N22O15. The number of rotatable bonds is 71. The Morgan fingerprint density at radius 1 is 0.189 bits per heavy atom. The number of unbranched alkanes of at least 4 members (excludes halogenated alkanes) is 6. The van der Waals surface area contributed by atoms with E-state index in [-0.39, 0.29) is 163 Å². The zero-order valence-corrected chi connectivity index (χ0v) is 80.4. The molecule has 0 aromatic carbocycles. The van der Waals surface area contributed by atoms with Gasteiger partial charge < -0.3 is 120 Å². The lowest BCUT2D eigenvalue weighted by Gasteiger charge is -2.29. The molecule has 0 saturated carbocycles. The van der Waals surface area contributed by atoms with Crippen LogP contribution in [-0.2, 0) is 71.9 Å². The van der Waals surface area contributed by atoms with Crippen LogP contribution in [0.5, 0.6) is 0 Å². The van der Waals surface area contributed by atoms with Crippen molar-refractivity contribution >= 4 is 88.6 Å². The first-order valence-electron chi connectivity index (χ1n) is 47.2. The molecule has 0 unspecified atom stereocenters. The van der Waals surface area contributed by atoms with Gasteiger partial charge in [0.25, 0.3) is 0 Å². The highest BCUT2D eigenvalue weighted by Crippen LogP contribution is 2.19. The molecular weight excluding hydrogens is 1630 g/mol. The van der Waals surface area contributed by atoms with Crippen LogP contribution in [0.2, 0.25) is 0 Å². The van der Waals surface area contributed by atoms with Gasteiger partial charge in [0.2, 0.25) is 88.6 Å². The second-order valence-electron chi connectivity index (χ2n) is 38.3. The first kappa shape index (κ1) is 119. The lowest BCUT2D eigenvalue weighted by Crippen LogP contribution is -2.60. The van der Waals surface area contributed by atoms with Crippen molar-refractivity contribution in [1.29, 1.82) is 0 Å². The molecule has 0 bridgehead atoms. The largest absolute Gasteiger partial charge is 0.368 e. The highest BCUT2D eigenvalue weighted by atomic mass is 16.2. The summed E-state index contributed by atoms with van der Waals surface area (Å²) in [5, 5.41) is 39.5. The van der Waals surface area contributed by atoms with E-state index in [9.17, 15) is 71.9 Å². The molecule has 30 N–H and O–H groups in total. The molecule has 734 valence electrons. The Labute approximate surface area is 758 Å². The Morgan fingerprint density at radius 2 is 0.354 bits per heavy atom. The van der Waals surface area contributed by atoms with Crippen molar-refractivity contribution in [2.45, 2.75) is 389 Å². The minimum Gasteiger partial charge on any atom is -0.368 e. The van der Waals surface area contributed by atoms with Gasteiger partial charge in [-0.25, -0.2) is 0 Å². The molecule has 15 amide bonds. The van der Waals surface area contributed by atoms with Crippen LogP contribution in [0.1, 0.15) is 298 Å². The van der Waals surface area contributed by atoms with Gasteiger partial charge in [0.05, 0.1) is 12.1 Å². The molecule has 37 heteroatoms. The normalized spacial score (nSPS) is 15.3. The maximum absolute atomic E-state index is 14.8. The zero-order chi connectivity index (χ0) is 96.8. The summed E-state index contributed by atoms with van der Waals surface area (Å²) in [6.45, 7) is 35.2. The summed E-state index contributed by atoms with van der Waals surface area (Å²) in [7, 11) is 0. The summed E-state index contributed by atoms with van der Waals surface area (Å²) in [6, 6.07) is -17.0. The van der Waals surface area contributed by atoms with Gasteiger partial charge in [0.1, 0.15) is 78.5 Å². The maximum atomic E-state index is 14.8. The predicted molar refractivity (Wildman–Crippen MR) is 497 cm³/mol. The van der Waals surface area contributed by atoms with Gasteiger partial charge in [-0.1, -0.05) is 125 Å². The van der Waals surface area contributed by atoms with Crippen LogP contribution in [0.3, 0.4) is 0 Å². The number of carbonyl (C=O) groups is 15. The summed E-state index contributed by atoms with van der Waals surface area (Å²) in [6.07, 6.45) is 7.81. The minimum atomic E-state index is -1.27. The number of amides is 15. The van der Waals surface area contributed by atoms with Crippen LogP contribution in [0.4, 0.5) is 0 Å². The van der Waals surface area contributed by atoms with Crippen LogP contribution < -0.4 is 120 Å². The van der Waals surface area contributed by atoms with E-state index in [2.05, 4.69) is 74.4 Å². The number of carbonyl (C=O) groups excluding carboxylic acids is 15. The van der Waals surface area contributed by atoms with Crippen molar-refractivity contribution < 1.29 is 71.9 Å². The fraction of sp³-hybridized carbons (Fsp3) is 0.833. The quantitative estimate of drug-likeness (QED) is 0.0386. The standard InChI is InChI=1S/C90H174N22O15/c1-52(2)43-62(97)78(115)100-64(33-20-26-38-92)81(118)108-74(50-59(15)16)89(126)112-72(48-57(11)12)85(122)103-65(34-21-27-39-93)80(117)102-66(35-22-28-40-94)82(119)109-75(51-60(17)18)90(127)111-70(46-55(7)8)84(121)101-63(32-19-25-37-91)79(116)99-42-30-24-31-61(96)77(114)106-69(45-54(5)6)88(125)110-71(47-56(9)10)86(123)104-67(36-23-29-41-95)83(120)107-73(49-58(13)14)87(124)105-68(76(98)113)44-53(3)4/h52-75H,19-51,91-97H2,1-18H3,(H2,98,113)(H,99,116)(H,100,115)(H,101,121)(H,102,117)(H,103,122)(H,104,123)(H,105,124)(H,106,114)(H,107,120)(H,108,118)(H,109,119)(H,110,125)(H,111,127)(H,112,126)/t61-,62-,63-,64-,65-,66-,67-,68-,69-,70-,71-,72-,73-,74-,75-/m0/s1. The third-order valence-electron chi connectivity index (χ3n) is 21.3. The van der Waals surface area contributed by atoms with Gasteiger partial charge in [0, 0.05) is 6.54 Å². The molecule has 15 atom stereocenters. The number of nitrogens with two attached hydrogens (primary N) is 8. The SMILES string of the molecule is CC(C)C[C@H](NC(=O)[C@H](CC(C)C)NC(=O)[C@H](CCCCN)NC(=O)[C@H](CC(C)C)NC(=O)[C@H](CC(C)C)NC(=O)[C@@H](N)CCCCNC(=O)[C@H](CCCCN)NC(=O)[C@H](CC(C)C)NC(=O)[C@H](CC(C)C)NC(=O)[C@H](CCCCN)NC(=O)[C@H](CCCCN)NC(=O)[C@H](CC(C)C)NC(=O)[C@H](CC(C)C)NC(=O)[C@H](CCCCN)NC(=O)[C@@H](N)CC(C)C)C(N)=O. The molecule has 0 aliphatic carbocycles. The lowest BCUT2D eigenvalue weighted by atomic mass is 9.98. The van der Waals surface area contributed by atoms with E-state index < -0.39 is 179 Å². The molecule has 0 aromatic rings. The van der Waals surface area contributed by atoms with Gasteiger partial charge in [0.15, 0.2) is 0 Å². The van der Waals surface area contributed by atoms with E-state index in [0.717, 1.165) is 0 Å². The smallest absolute Gasteiger partial charge is 0.243 e. The monoisotopic (exact) mass is 1800 g/mol. The van der Waals surface area contributed by atoms with Crippen molar-refractivity contribution in [2.75, 3.05) is 39.3 Å². The van der Waals surface area contributed by atoms with Gasteiger partial charge in [-0.2, -0.15) is 0 Å². The summed E-state index contributed by atoms with van der Waals surface area (Å²) >= 11 is 0. The van der Waals surface area contributed by atoms with Crippen molar-refractivity contribution in [3.8, 4) is 0 Å². The Hall–Kier alpha value is -8.23. The Morgan fingerprint density at radius 3 is 0.567 bits per heavy atom. The highest BCUT2D eigenvalue weighted by Gasteiger charge is 2.39. The van der Waals surface area contributed by atoms with Crippen molar-refractivity contribution in [1.82, 2.24) is 74.4 Å². The topological polar surface area (TPSA) is 633 Å². The molecule has 0 rings (SSSR count). The van der Waals surface area contributed by atoms with Crippen molar-refractivity contribution in [2.24, 2.45) is 99.1 Å². The molecule has 0 spiro atoms. The second-order valence-corrected chi connectivity index (χ2v) is 38.3. The number of hydrogen-bond acceptors (Lipinski definition) is 22. The molecule has 37 nitrogen and oxygen atoms in total. The van der Waals surface area contributed by atoms with E-state index >= 15 is 0 Å². The number of primary amides is 1. The molecule has 0 aliphatic heterocycles. The Kier molecular flexibility index (Phi) is 61.9. The fourth-order valence-corrected chi connectivity index (χ4v) is 14.6. The van der Waals surface area contributed by atoms with Gasteiger partial charge >= 0.3 is 0 Å². The zero-order valence-electron chi connectivity index (χ0n) is 80.4. The molecule has 0 aliphatic rings. The van der Waals surface area contributed by atoms with Crippen LogP contribution in [0.25, 0.3) is 0 Å². The maximum Gasteiger partial charge on any atom is 0.243 e. The molecule has 127 heavy (non-hydrogen) atoms.